The molecule has 1 aliphatic rings. The third-order valence-electron chi connectivity index (χ3n) is 3.15. The van der Waals surface area contributed by atoms with E-state index in [1.807, 2.05) is 6.92 Å². The van der Waals surface area contributed by atoms with Crippen LogP contribution in [0.4, 0.5) is 0 Å². The zero-order valence-corrected chi connectivity index (χ0v) is 8.81. The Kier molecular flexibility index (Phi) is 3.48. The molecule has 1 aliphatic carbocycles. The lowest BCUT2D eigenvalue weighted by Gasteiger charge is -2.38. The quantitative estimate of drug-likeness (QED) is 0.710. The molecule has 0 aromatic carbocycles. The number of Topliss-reactive ketones (excluding diaryl/α,β-unsaturated/α-hetero) is 1. The third kappa shape index (κ3) is 2.80. The van der Waals surface area contributed by atoms with Crippen LogP contribution in [-0.4, -0.2) is 11.3 Å². The lowest BCUT2D eigenvalue weighted by atomic mass is 9.73. The molecule has 76 valence electrons. The first-order chi connectivity index (χ1) is 6.07. The fourth-order valence-electron chi connectivity index (χ4n) is 1.92. The molecule has 0 aromatic heterocycles. The molecule has 0 spiro atoms. The molecule has 0 bridgehead atoms. The molecular weight excluding hydrogens is 162 g/mol. The van der Waals surface area contributed by atoms with Crippen molar-refractivity contribution in [2.24, 2.45) is 11.7 Å². The van der Waals surface area contributed by atoms with Crippen LogP contribution in [-0.2, 0) is 4.79 Å². The first kappa shape index (κ1) is 10.7. The van der Waals surface area contributed by atoms with Crippen molar-refractivity contribution >= 4 is 5.78 Å². The third-order valence-corrected chi connectivity index (χ3v) is 3.15. The number of ketones is 1. The van der Waals surface area contributed by atoms with Gasteiger partial charge in [0.05, 0.1) is 0 Å². The second-order valence-electron chi connectivity index (χ2n) is 4.55. The van der Waals surface area contributed by atoms with Gasteiger partial charge < -0.3 is 5.73 Å². The molecule has 0 amide bonds. The van der Waals surface area contributed by atoms with Gasteiger partial charge in [-0.1, -0.05) is 20.3 Å². The van der Waals surface area contributed by atoms with Gasteiger partial charge in [0, 0.05) is 17.9 Å². The number of rotatable bonds is 5. The van der Waals surface area contributed by atoms with Crippen LogP contribution in [0.3, 0.4) is 0 Å². The summed E-state index contributed by atoms with van der Waals surface area (Å²) in [6.07, 6.45) is 5.98. The SMILES string of the molecule is CCCC(C)C(=O)CC1(N)CCC1. The highest BCUT2D eigenvalue weighted by Crippen LogP contribution is 2.33. The van der Waals surface area contributed by atoms with Crippen molar-refractivity contribution in [3.8, 4) is 0 Å². The summed E-state index contributed by atoms with van der Waals surface area (Å²) in [5.74, 6) is 0.579. The van der Waals surface area contributed by atoms with Crippen LogP contribution in [0.25, 0.3) is 0 Å². The van der Waals surface area contributed by atoms with E-state index in [-0.39, 0.29) is 11.5 Å². The average Bonchev–Trinajstić information content (AvgIpc) is 2.02. The molecule has 0 aromatic rings. The topological polar surface area (TPSA) is 43.1 Å². The van der Waals surface area contributed by atoms with E-state index in [4.69, 9.17) is 5.73 Å². The Morgan fingerprint density at radius 1 is 1.54 bits per heavy atom. The number of nitrogens with two attached hydrogens (primary N) is 1. The molecule has 1 unspecified atom stereocenters. The maximum Gasteiger partial charge on any atom is 0.137 e. The van der Waals surface area contributed by atoms with E-state index in [0.29, 0.717) is 12.2 Å². The minimum Gasteiger partial charge on any atom is -0.325 e. The van der Waals surface area contributed by atoms with Gasteiger partial charge in [0.15, 0.2) is 0 Å². The van der Waals surface area contributed by atoms with E-state index in [9.17, 15) is 4.79 Å². The second kappa shape index (κ2) is 4.23. The Bertz CT molecular complexity index is 185. The van der Waals surface area contributed by atoms with Gasteiger partial charge in [0.1, 0.15) is 5.78 Å². The lowest BCUT2D eigenvalue weighted by molar-refractivity contribution is -0.124. The Hall–Kier alpha value is -0.370. The van der Waals surface area contributed by atoms with Gasteiger partial charge in [-0.25, -0.2) is 0 Å². The lowest BCUT2D eigenvalue weighted by Crippen LogP contribution is -2.48. The van der Waals surface area contributed by atoms with Crippen LogP contribution >= 0.6 is 0 Å². The zero-order chi connectivity index (χ0) is 9.90. The molecule has 2 nitrogen and oxygen atoms in total. The van der Waals surface area contributed by atoms with Crippen LogP contribution in [0.1, 0.15) is 52.4 Å². The minimum absolute atomic E-state index is 0.126. The Balaban J connectivity index is 2.31. The van der Waals surface area contributed by atoms with Crippen molar-refractivity contribution in [1.29, 1.82) is 0 Å². The van der Waals surface area contributed by atoms with Crippen LogP contribution < -0.4 is 5.73 Å². The van der Waals surface area contributed by atoms with Crippen LogP contribution in [0.15, 0.2) is 0 Å². The van der Waals surface area contributed by atoms with Gasteiger partial charge in [0.25, 0.3) is 0 Å². The Labute approximate surface area is 80.9 Å². The summed E-state index contributed by atoms with van der Waals surface area (Å²) in [5, 5.41) is 0. The summed E-state index contributed by atoms with van der Waals surface area (Å²) in [7, 11) is 0. The summed E-state index contributed by atoms with van der Waals surface area (Å²) in [6, 6.07) is 0. The van der Waals surface area contributed by atoms with Crippen LogP contribution in [0.2, 0.25) is 0 Å². The molecule has 0 heterocycles. The van der Waals surface area contributed by atoms with E-state index < -0.39 is 0 Å². The van der Waals surface area contributed by atoms with E-state index >= 15 is 0 Å². The van der Waals surface area contributed by atoms with Gasteiger partial charge in [0.2, 0.25) is 0 Å². The average molecular weight is 183 g/mol. The summed E-state index contributed by atoms with van der Waals surface area (Å²) in [4.78, 5) is 11.7. The van der Waals surface area contributed by atoms with Crippen molar-refractivity contribution in [3.63, 3.8) is 0 Å². The predicted molar refractivity (Wildman–Crippen MR) is 54.5 cm³/mol. The fourth-order valence-corrected chi connectivity index (χ4v) is 1.92. The largest absolute Gasteiger partial charge is 0.325 e. The molecular formula is C11H21NO. The summed E-state index contributed by atoms with van der Waals surface area (Å²) in [6.45, 7) is 4.14. The number of carbonyl (C=O) groups is 1. The maximum absolute atomic E-state index is 11.7. The zero-order valence-electron chi connectivity index (χ0n) is 8.81. The smallest absolute Gasteiger partial charge is 0.137 e. The molecule has 2 heteroatoms. The van der Waals surface area contributed by atoms with Crippen molar-refractivity contribution < 1.29 is 4.79 Å². The highest BCUT2D eigenvalue weighted by Gasteiger charge is 2.35. The van der Waals surface area contributed by atoms with Gasteiger partial charge in [-0.3, -0.25) is 4.79 Å². The monoisotopic (exact) mass is 183 g/mol. The molecule has 1 saturated carbocycles. The Morgan fingerprint density at radius 3 is 2.54 bits per heavy atom. The molecule has 13 heavy (non-hydrogen) atoms. The first-order valence-corrected chi connectivity index (χ1v) is 5.39. The van der Waals surface area contributed by atoms with Gasteiger partial charge in [-0.15, -0.1) is 0 Å². The summed E-state index contributed by atoms with van der Waals surface area (Å²) >= 11 is 0. The molecule has 1 atom stereocenters. The maximum atomic E-state index is 11.7. The van der Waals surface area contributed by atoms with E-state index in [2.05, 4.69) is 6.92 Å². The fraction of sp³-hybridized carbons (Fsp3) is 0.909. The number of carbonyl (C=O) groups excluding carboxylic acids is 1. The normalized spacial score (nSPS) is 22.1. The number of hydrogen-bond donors (Lipinski definition) is 1. The second-order valence-corrected chi connectivity index (χ2v) is 4.55. The Morgan fingerprint density at radius 2 is 2.15 bits per heavy atom. The molecule has 1 rings (SSSR count). The highest BCUT2D eigenvalue weighted by molar-refractivity contribution is 5.81. The number of hydrogen-bond acceptors (Lipinski definition) is 2. The van der Waals surface area contributed by atoms with Gasteiger partial charge in [-0.2, -0.15) is 0 Å². The van der Waals surface area contributed by atoms with Crippen molar-refractivity contribution in [1.82, 2.24) is 0 Å². The van der Waals surface area contributed by atoms with E-state index in [0.717, 1.165) is 25.7 Å². The minimum atomic E-state index is -0.126. The summed E-state index contributed by atoms with van der Waals surface area (Å²) < 4.78 is 0. The van der Waals surface area contributed by atoms with Gasteiger partial charge >= 0.3 is 0 Å². The predicted octanol–water partition coefficient (Wildman–Crippen LogP) is 2.26. The van der Waals surface area contributed by atoms with Crippen molar-refractivity contribution in [2.75, 3.05) is 0 Å². The van der Waals surface area contributed by atoms with E-state index in [1.54, 1.807) is 0 Å². The summed E-state index contributed by atoms with van der Waals surface area (Å²) in [5.41, 5.74) is 5.89. The molecule has 0 radical (unpaired) electrons. The molecule has 2 N–H and O–H groups in total. The molecule has 1 fully saturated rings. The molecule has 0 aliphatic heterocycles. The van der Waals surface area contributed by atoms with E-state index in [1.165, 1.54) is 6.42 Å². The van der Waals surface area contributed by atoms with Crippen LogP contribution in [0.5, 0.6) is 0 Å². The first-order valence-electron chi connectivity index (χ1n) is 5.39. The molecule has 0 saturated heterocycles. The van der Waals surface area contributed by atoms with Crippen molar-refractivity contribution in [2.45, 2.75) is 57.9 Å². The van der Waals surface area contributed by atoms with Gasteiger partial charge in [-0.05, 0) is 25.7 Å². The highest BCUT2D eigenvalue weighted by atomic mass is 16.1. The standard InChI is InChI=1S/C11H21NO/c1-3-5-9(2)10(13)8-11(12)6-4-7-11/h9H,3-8,12H2,1-2H3. The van der Waals surface area contributed by atoms with Crippen molar-refractivity contribution in [3.05, 3.63) is 0 Å². The van der Waals surface area contributed by atoms with Crippen LogP contribution in [0, 0.1) is 5.92 Å².